The Bertz CT molecular complexity index is 1150. The first kappa shape index (κ1) is 20.0. The second-order valence-electron chi connectivity index (χ2n) is 5.96. The molecule has 29 heavy (non-hydrogen) atoms. The summed E-state index contributed by atoms with van der Waals surface area (Å²) in [7, 11) is 0. The first-order valence-electron chi connectivity index (χ1n) is 8.46. The summed E-state index contributed by atoms with van der Waals surface area (Å²) in [5.74, 6) is -0.203. The molecule has 1 fully saturated rings. The average molecular weight is 461 g/mol. The number of rotatable bonds is 3. The van der Waals surface area contributed by atoms with Crippen LogP contribution in [-0.2, 0) is 4.79 Å². The van der Waals surface area contributed by atoms with Gasteiger partial charge < -0.3 is 0 Å². The first-order valence-corrected chi connectivity index (χ1v) is 10.4. The molecule has 3 aromatic rings. The fourth-order valence-electron chi connectivity index (χ4n) is 2.68. The van der Waals surface area contributed by atoms with E-state index >= 15 is 0 Å². The molecule has 4 nitrogen and oxygen atoms in total. The van der Waals surface area contributed by atoms with Crippen LogP contribution in [0.3, 0.4) is 0 Å². The summed E-state index contributed by atoms with van der Waals surface area (Å²) in [5, 5.41) is 1.74. The van der Waals surface area contributed by atoms with Crippen LogP contribution in [-0.4, -0.2) is 16.1 Å². The van der Waals surface area contributed by atoms with E-state index in [0.29, 0.717) is 37.1 Å². The van der Waals surface area contributed by atoms with Gasteiger partial charge in [-0.2, -0.15) is 0 Å². The number of amidine groups is 1. The summed E-state index contributed by atoms with van der Waals surface area (Å²) < 4.78 is 0. The van der Waals surface area contributed by atoms with Crippen LogP contribution in [0.4, 0.5) is 11.4 Å². The van der Waals surface area contributed by atoms with Crippen molar-refractivity contribution in [1.82, 2.24) is 4.98 Å². The highest BCUT2D eigenvalue weighted by Crippen LogP contribution is 2.38. The first-order chi connectivity index (χ1) is 14.0. The number of hydrogen-bond acceptors (Lipinski definition) is 4. The number of halogens is 3. The molecule has 0 saturated carbocycles. The van der Waals surface area contributed by atoms with Crippen molar-refractivity contribution in [3.8, 4) is 0 Å². The van der Waals surface area contributed by atoms with Gasteiger partial charge in [-0.25, -0.2) is 9.98 Å². The molecular formula is C21H12Cl3N3OS. The molecule has 2 heterocycles. The summed E-state index contributed by atoms with van der Waals surface area (Å²) in [6.45, 7) is 0. The molecule has 0 spiro atoms. The van der Waals surface area contributed by atoms with Crippen molar-refractivity contribution in [1.29, 1.82) is 0 Å². The van der Waals surface area contributed by atoms with Crippen molar-refractivity contribution in [3.63, 3.8) is 0 Å². The number of nitrogens with zero attached hydrogens (tertiary/aromatic N) is 3. The zero-order valence-corrected chi connectivity index (χ0v) is 17.8. The van der Waals surface area contributed by atoms with E-state index in [9.17, 15) is 4.79 Å². The Morgan fingerprint density at radius 3 is 2.52 bits per heavy atom. The van der Waals surface area contributed by atoms with Gasteiger partial charge in [0.15, 0.2) is 10.3 Å². The maximum atomic E-state index is 13.2. The minimum absolute atomic E-state index is 0.203. The van der Waals surface area contributed by atoms with Gasteiger partial charge in [0.25, 0.3) is 5.91 Å². The zero-order valence-electron chi connectivity index (χ0n) is 14.7. The summed E-state index contributed by atoms with van der Waals surface area (Å²) in [6, 6.07) is 17.9. The van der Waals surface area contributed by atoms with E-state index in [2.05, 4.69) is 9.98 Å². The quantitative estimate of drug-likeness (QED) is 0.317. The van der Waals surface area contributed by atoms with Gasteiger partial charge in [-0.1, -0.05) is 59.1 Å². The number of hydrogen-bond donors (Lipinski definition) is 0. The van der Waals surface area contributed by atoms with Gasteiger partial charge >= 0.3 is 0 Å². The van der Waals surface area contributed by atoms with Crippen LogP contribution in [0.25, 0.3) is 6.08 Å². The minimum Gasteiger partial charge on any atom is -0.268 e. The Labute approximate surface area is 186 Å². The molecule has 1 aliphatic rings. The lowest BCUT2D eigenvalue weighted by Gasteiger charge is -2.15. The number of carbonyl (C=O) groups excluding carboxylic acids is 1. The predicted octanol–water partition coefficient (Wildman–Crippen LogP) is 6.85. The molecule has 1 saturated heterocycles. The number of para-hydroxylation sites is 1. The van der Waals surface area contributed by atoms with Crippen molar-refractivity contribution in [3.05, 3.63) is 92.5 Å². The minimum atomic E-state index is -0.203. The van der Waals surface area contributed by atoms with Gasteiger partial charge in [-0.3, -0.25) is 9.69 Å². The average Bonchev–Trinajstić information content (AvgIpc) is 3.01. The number of pyridine rings is 1. The third-order valence-corrected chi connectivity index (χ3v) is 5.85. The van der Waals surface area contributed by atoms with E-state index in [1.807, 2.05) is 30.3 Å². The highest BCUT2D eigenvalue weighted by molar-refractivity contribution is 8.19. The standard InChI is InChI=1S/C21H12Cl3N3OS/c22-14-9-8-13(16(23)12-14)11-18-20(28)27(15-5-2-1-3-6-15)21(29-18)26-17-7-4-10-25-19(17)24/h1-12H/b18-11-,26-21?. The van der Waals surface area contributed by atoms with Crippen LogP contribution >= 0.6 is 46.6 Å². The van der Waals surface area contributed by atoms with Gasteiger partial charge in [-0.05, 0) is 59.8 Å². The molecule has 8 heteroatoms. The number of benzene rings is 2. The largest absolute Gasteiger partial charge is 0.271 e. The van der Waals surface area contributed by atoms with Gasteiger partial charge in [0.05, 0.1) is 10.6 Å². The molecule has 0 N–H and O–H groups in total. The zero-order chi connectivity index (χ0) is 20.4. The van der Waals surface area contributed by atoms with Crippen molar-refractivity contribution >= 4 is 75.1 Å². The summed E-state index contributed by atoms with van der Waals surface area (Å²) in [4.78, 5) is 23.9. The molecule has 0 aliphatic carbocycles. The molecule has 0 radical (unpaired) electrons. The van der Waals surface area contributed by atoms with Gasteiger partial charge in [-0.15, -0.1) is 0 Å². The maximum Gasteiger partial charge on any atom is 0.271 e. The number of aliphatic imine (C=N–C) groups is 1. The molecule has 144 valence electrons. The Morgan fingerprint density at radius 2 is 1.79 bits per heavy atom. The molecule has 0 unspecified atom stereocenters. The third-order valence-electron chi connectivity index (χ3n) is 4.03. The Hall–Kier alpha value is -2.31. The second kappa shape index (κ2) is 8.59. The summed E-state index contributed by atoms with van der Waals surface area (Å²) in [6.07, 6.45) is 3.32. The van der Waals surface area contributed by atoms with Crippen LogP contribution in [0.15, 0.2) is 76.8 Å². The molecular weight excluding hydrogens is 449 g/mol. The van der Waals surface area contributed by atoms with E-state index in [4.69, 9.17) is 34.8 Å². The van der Waals surface area contributed by atoms with E-state index in [0.717, 1.165) is 0 Å². The van der Waals surface area contributed by atoms with Crippen molar-refractivity contribution in [2.45, 2.75) is 0 Å². The lowest BCUT2D eigenvalue weighted by molar-refractivity contribution is -0.113. The van der Waals surface area contributed by atoms with Gasteiger partial charge in [0, 0.05) is 16.2 Å². The smallest absolute Gasteiger partial charge is 0.268 e. The number of amides is 1. The monoisotopic (exact) mass is 459 g/mol. The SMILES string of the molecule is O=C1/C(=C/c2ccc(Cl)cc2Cl)SC(=Nc2cccnc2Cl)N1c1ccccc1. The van der Waals surface area contributed by atoms with E-state index in [1.54, 1.807) is 47.5 Å². The van der Waals surface area contributed by atoms with Crippen LogP contribution in [0.2, 0.25) is 15.2 Å². The van der Waals surface area contributed by atoms with Crippen LogP contribution in [0.5, 0.6) is 0 Å². The van der Waals surface area contributed by atoms with Gasteiger partial charge in [0.2, 0.25) is 0 Å². The van der Waals surface area contributed by atoms with Crippen LogP contribution in [0.1, 0.15) is 5.56 Å². The fraction of sp³-hybridized carbons (Fsp3) is 0. The number of carbonyl (C=O) groups is 1. The van der Waals surface area contributed by atoms with Crippen molar-refractivity contribution in [2.75, 3.05) is 4.90 Å². The predicted molar refractivity (Wildman–Crippen MR) is 122 cm³/mol. The van der Waals surface area contributed by atoms with Crippen LogP contribution in [0, 0.1) is 0 Å². The highest BCUT2D eigenvalue weighted by atomic mass is 35.5. The number of aromatic nitrogens is 1. The second-order valence-corrected chi connectivity index (χ2v) is 8.17. The molecule has 1 aromatic heterocycles. The number of thioether (sulfide) groups is 1. The maximum absolute atomic E-state index is 13.2. The molecule has 2 aromatic carbocycles. The van der Waals surface area contributed by atoms with E-state index in [1.165, 1.54) is 11.8 Å². The van der Waals surface area contributed by atoms with Crippen molar-refractivity contribution in [2.24, 2.45) is 4.99 Å². The molecule has 4 rings (SSSR count). The molecule has 1 amide bonds. The third kappa shape index (κ3) is 4.33. The lowest BCUT2D eigenvalue weighted by Crippen LogP contribution is -2.28. The molecule has 0 bridgehead atoms. The normalized spacial score (nSPS) is 16.8. The fourth-order valence-corrected chi connectivity index (χ4v) is 4.29. The summed E-state index contributed by atoms with van der Waals surface area (Å²) in [5.41, 5.74) is 1.88. The van der Waals surface area contributed by atoms with E-state index < -0.39 is 0 Å². The molecule has 0 atom stereocenters. The van der Waals surface area contributed by atoms with E-state index in [-0.39, 0.29) is 11.1 Å². The summed E-state index contributed by atoms with van der Waals surface area (Å²) >= 11 is 19.6. The van der Waals surface area contributed by atoms with Crippen LogP contribution < -0.4 is 4.90 Å². The number of anilines is 1. The Morgan fingerprint density at radius 1 is 1.00 bits per heavy atom. The molecule has 1 aliphatic heterocycles. The Kier molecular flexibility index (Phi) is 5.92. The lowest BCUT2D eigenvalue weighted by atomic mass is 10.2. The highest BCUT2D eigenvalue weighted by Gasteiger charge is 2.35. The van der Waals surface area contributed by atoms with Gasteiger partial charge in [0.1, 0.15) is 5.69 Å². The Balaban J connectivity index is 1.80. The van der Waals surface area contributed by atoms with Crippen molar-refractivity contribution < 1.29 is 4.79 Å². The topological polar surface area (TPSA) is 45.6 Å².